The molecule has 7 nitrogen and oxygen atoms in total. The molecular weight excluding hydrogens is 368 g/mol. The number of benzene rings is 1. The average Bonchev–Trinajstić information content (AvgIpc) is 3.07. The second kappa shape index (κ2) is 7.59. The molecule has 0 spiro atoms. The first kappa shape index (κ1) is 19.8. The minimum atomic E-state index is -3.48. The lowest BCUT2D eigenvalue weighted by molar-refractivity contribution is -0.147. The quantitative estimate of drug-likeness (QED) is 0.821. The van der Waals surface area contributed by atoms with Gasteiger partial charge in [0.25, 0.3) is 0 Å². The molecule has 0 saturated carbocycles. The van der Waals surface area contributed by atoms with E-state index in [1.807, 2.05) is 0 Å². The van der Waals surface area contributed by atoms with Gasteiger partial charge in [0.2, 0.25) is 15.9 Å². The van der Waals surface area contributed by atoms with Gasteiger partial charge in [-0.2, -0.15) is 4.31 Å². The first-order valence-electron chi connectivity index (χ1n) is 9.33. The lowest BCUT2D eigenvalue weighted by Crippen LogP contribution is -2.36. The van der Waals surface area contributed by atoms with Gasteiger partial charge in [-0.05, 0) is 43.9 Å². The Hall–Kier alpha value is -1.93. The highest BCUT2D eigenvalue weighted by Gasteiger charge is 2.41. The van der Waals surface area contributed by atoms with Crippen LogP contribution < -0.4 is 0 Å². The molecule has 1 N–H and O–H groups in total. The lowest BCUT2D eigenvalue weighted by atomic mass is 9.90. The number of rotatable bonds is 5. The summed E-state index contributed by atoms with van der Waals surface area (Å²) in [6.45, 7) is 3.41. The summed E-state index contributed by atoms with van der Waals surface area (Å²) in [7, 11) is -3.48. The lowest BCUT2D eigenvalue weighted by Gasteiger charge is -2.26. The Kier molecular flexibility index (Phi) is 5.58. The average molecular weight is 394 g/mol. The fraction of sp³-hybridized carbons (Fsp3) is 0.579. The predicted octanol–water partition coefficient (Wildman–Crippen LogP) is 1.73. The molecular formula is C19H26N2O5S. The summed E-state index contributed by atoms with van der Waals surface area (Å²) in [5.74, 6) is -1.02. The molecule has 1 unspecified atom stereocenters. The van der Waals surface area contributed by atoms with Crippen molar-refractivity contribution >= 4 is 21.9 Å². The van der Waals surface area contributed by atoms with Gasteiger partial charge in [0.05, 0.1) is 16.7 Å². The molecule has 0 bridgehead atoms. The number of nitrogens with zero attached hydrogens (tertiary/aromatic N) is 2. The molecule has 1 aromatic rings. The molecule has 1 aromatic carbocycles. The van der Waals surface area contributed by atoms with E-state index < -0.39 is 21.4 Å². The van der Waals surface area contributed by atoms with Crippen molar-refractivity contribution in [1.82, 2.24) is 9.21 Å². The molecule has 2 heterocycles. The summed E-state index contributed by atoms with van der Waals surface area (Å²) in [5.41, 5.74) is -0.163. The Labute approximate surface area is 160 Å². The largest absolute Gasteiger partial charge is 0.481 e. The summed E-state index contributed by atoms with van der Waals surface area (Å²) in [5, 5.41) is 9.28. The van der Waals surface area contributed by atoms with Crippen LogP contribution in [0.1, 0.15) is 38.2 Å². The molecule has 2 aliphatic rings. The molecule has 2 aliphatic heterocycles. The minimum Gasteiger partial charge on any atom is -0.481 e. The number of amides is 1. The van der Waals surface area contributed by atoms with Crippen molar-refractivity contribution in [3.05, 3.63) is 29.8 Å². The van der Waals surface area contributed by atoms with Gasteiger partial charge in [0.1, 0.15) is 0 Å². The predicted molar refractivity (Wildman–Crippen MR) is 99.7 cm³/mol. The van der Waals surface area contributed by atoms with E-state index in [4.69, 9.17) is 0 Å². The zero-order valence-corrected chi connectivity index (χ0v) is 16.4. The number of likely N-dealkylation sites (tertiary alicyclic amines) is 1. The molecule has 148 valence electrons. The highest BCUT2D eigenvalue weighted by atomic mass is 32.2. The van der Waals surface area contributed by atoms with Gasteiger partial charge in [-0.1, -0.05) is 18.6 Å². The van der Waals surface area contributed by atoms with Gasteiger partial charge in [0, 0.05) is 26.2 Å². The van der Waals surface area contributed by atoms with Crippen LogP contribution in [-0.4, -0.2) is 60.8 Å². The van der Waals surface area contributed by atoms with E-state index in [0.29, 0.717) is 26.1 Å². The Morgan fingerprint density at radius 2 is 1.70 bits per heavy atom. The summed E-state index contributed by atoms with van der Waals surface area (Å²) in [6, 6.07) is 6.44. The number of carbonyl (C=O) groups excluding carboxylic acids is 1. The number of hydrogen-bond acceptors (Lipinski definition) is 4. The van der Waals surface area contributed by atoms with Crippen LogP contribution in [0.2, 0.25) is 0 Å². The summed E-state index contributed by atoms with van der Waals surface area (Å²) < 4.78 is 26.8. The van der Waals surface area contributed by atoms with Crippen LogP contribution in [0, 0.1) is 5.41 Å². The fourth-order valence-corrected chi connectivity index (χ4v) is 5.19. The van der Waals surface area contributed by atoms with E-state index >= 15 is 0 Å². The van der Waals surface area contributed by atoms with Crippen LogP contribution in [0.3, 0.4) is 0 Å². The van der Waals surface area contributed by atoms with Crippen LogP contribution in [0.5, 0.6) is 0 Å². The highest BCUT2D eigenvalue weighted by Crippen LogP contribution is 2.30. The van der Waals surface area contributed by atoms with Crippen molar-refractivity contribution in [3.63, 3.8) is 0 Å². The molecule has 0 aromatic heterocycles. The standard InChI is InChI=1S/C19H26N2O5S/c1-19(18(23)24)9-12-20(14-19)17(22)13-15-5-7-16(8-6-15)27(25,26)21-10-3-2-4-11-21/h5-8H,2-4,9-14H2,1H3,(H,23,24). The maximum Gasteiger partial charge on any atom is 0.311 e. The van der Waals surface area contributed by atoms with Crippen LogP contribution in [0.4, 0.5) is 0 Å². The number of carboxylic acid groups (broad SMARTS) is 1. The van der Waals surface area contributed by atoms with Gasteiger partial charge in [-0.3, -0.25) is 9.59 Å². The Bertz CT molecular complexity index is 815. The van der Waals surface area contributed by atoms with Crippen LogP contribution in [0.15, 0.2) is 29.2 Å². The molecule has 2 saturated heterocycles. The van der Waals surface area contributed by atoms with E-state index in [9.17, 15) is 23.1 Å². The number of carbonyl (C=O) groups is 2. The first-order chi connectivity index (χ1) is 12.7. The fourth-order valence-electron chi connectivity index (χ4n) is 3.67. The van der Waals surface area contributed by atoms with Crippen molar-refractivity contribution in [1.29, 1.82) is 0 Å². The molecule has 2 fully saturated rings. The maximum atomic E-state index is 12.7. The highest BCUT2D eigenvalue weighted by molar-refractivity contribution is 7.89. The topological polar surface area (TPSA) is 95.0 Å². The number of piperidine rings is 1. The van der Waals surface area contributed by atoms with E-state index in [1.165, 1.54) is 4.31 Å². The summed E-state index contributed by atoms with van der Waals surface area (Å²) >= 11 is 0. The Balaban J connectivity index is 1.64. The first-order valence-corrected chi connectivity index (χ1v) is 10.8. The number of sulfonamides is 1. The van der Waals surface area contributed by atoms with Gasteiger partial charge < -0.3 is 10.0 Å². The second-order valence-electron chi connectivity index (χ2n) is 7.72. The number of aliphatic carboxylic acids is 1. The van der Waals surface area contributed by atoms with Crippen molar-refractivity contribution in [2.75, 3.05) is 26.2 Å². The van der Waals surface area contributed by atoms with Crippen LogP contribution in [-0.2, 0) is 26.0 Å². The second-order valence-corrected chi connectivity index (χ2v) is 9.65. The van der Waals surface area contributed by atoms with Gasteiger partial charge in [-0.25, -0.2) is 8.42 Å². The zero-order chi connectivity index (χ0) is 19.7. The summed E-state index contributed by atoms with van der Waals surface area (Å²) in [4.78, 5) is 25.6. The Morgan fingerprint density at radius 3 is 2.26 bits per heavy atom. The maximum absolute atomic E-state index is 12.7. The molecule has 0 radical (unpaired) electrons. The summed E-state index contributed by atoms with van der Waals surface area (Å²) in [6.07, 6.45) is 3.42. The van der Waals surface area contributed by atoms with E-state index in [2.05, 4.69) is 0 Å². The third-order valence-corrected chi connectivity index (χ3v) is 7.49. The Morgan fingerprint density at radius 1 is 1.07 bits per heavy atom. The molecule has 8 heteroatoms. The monoisotopic (exact) mass is 394 g/mol. The van der Waals surface area contributed by atoms with E-state index in [0.717, 1.165) is 24.8 Å². The van der Waals surface area contributed by atoms with E-state index in [1.54, 1.807) is 36.1 Å². The third kappa shape index (κ3) is 4.16. The SMILES string of the molecule is CC1(C(=O)O)CCN(C(=O)Cc2ccc(S(=O)(=O)N3CCCCC3)cc2)C1. The molecule has 1 atom stereocenters. The van der Waals surface area contributed by atoms with Crippen molar-refractivity contribution in [2.24, 2.45) is 5.41 Å². The molecule has 1 amide bonds. The van der Waals surface area contributed by atoms with Crippen LogP contribution in [0.25, 0.3) is 0 Å². The van der Waals surface area contributed by atoms with Crippen molar-refractivity contribution in [2.45, 2.75) is 43.9 Å². The van der Waals surface area contributed by atoms with Crippen LogP contribution >= 0.6 is 0 Å². The molecule has 3 rings (SSSR count). The van der Waals surface area contributed by atoms with Gasteiger partial charge >= 0.3 is 5.97 Å². The zero-order valence-electron chi connectivity index (χ0n) is 15.6. The smallest absolute Gasteiger partial charge is 0.311 e. The van der Waals surface area contributed by atoms with Crippen molar-refractivity contribution < 1.29 is 23.1 Å². The number of carboxylic acids is 1. The molecule has 27 heavy (non-hydrogen) atoms. The van der Waals surface area contributed by atoms with Gasteiger partial charge in [-0.15, -0.1) is 0 Å². The van der Waals surface area contributed by atoms with E-state index in [-0.39, 0.29) is 23.8 Å². The third-order valence-electron chi connectivity index (χ3n) is 5.57. The normalized spacial score (nSPS) is 24.1. The number of hydrogen-bond donors (Lipinski definition) is 1. The molecule has 0 aliphatic carbocycles. The minimum absolute atomic E-state index is 0.133. The van der Waals surface area contributed by atoms with Gasteiger partial charge in [0.15, 0.2) is 0 Å². The van der Waals surface area contributed by atoms with Crippen molar-refractivity contribution in [3.8, 4) is 0 Å².